The molecule has 1 aromatic rings. The number of carbonyl (C=O) groups excluding carboxylic acids is 1. The molecule has 3 N–H and O–H groups in total. The molecule has 0 aliphatic heterocycles. The molecule has 5 nitrogen and oxygen atoms in total. The van der Waals surface area contributed by atoms with Crippen LogP contribution in [0.4, 0.5) is 13.2 Å². The van der Waals surface area contributed by atoms with Gasteiger partial charge in [0.25, 0.3) is 5.82 Å². The van der Waals surface area contributed by atoms with E-state index in [0.29, 0.717) is 0 Å². The lowest BCUT2D eigenvalue weighted by atomic mass is 10.4. The van der Waals surface area contributed by atoms with Crippen molar-refractivity contribution in [2.75, 3.05) is 0 Å². The molecule has 13 heavy (non-hydrogen) atoms. The summed E-state index contributed by atoms with van der Waals surface area (Å²) in [6.07, 6.45) is -4.99. The first-order valence-corrected chi connectivity index (χ1v) is 3.16. The fourth-order valence-electron chi connectivity index (χ4n) is 0.666. The Hall–Kier alpha value is -1.60. The van der Waals surface area contributed by atoms with E-state index in [2.05, 4.69) is 10.1 Å². The number of H-pyrrole nitrogens is 1. The fraction of sp³-hybridized carbons (Fsp3) is 0.400. The number of aromatic amines is 1. The van der Waals surface area contributed by atoms with Crippen LogP contribution >= 0.6 is 0 Å². The van der Waals surface area contributed by atoms with E-state index in [4.69, 9.17) is 5.73 Å². The van der Waals surface area contributed by atoms with Gasteiger partial charge < -0.3 is 5.73 Å². The Morgan fingerprint density at radius 2 is 2.15 bits per heavy atom. The number of primary amides is 1. The summed E-state index contributed by atoms with van der Waals surface area (Å²) in [5.74, 6) is -2.27. The number of nitrogens with zero attached hydrogens (tertiary/aromatic N) is 2. The third-order valence-corrected chi connectivity index (χ3v) is 1.13. The molecule has 1 rings (SSSR count). The van der Waals surface area contributed by atoms with Crippen LogP contribution in [0, 0.1) is 0 Å². The van der Waals surface area contributed by atoms with Crippen molar-refractivity contribution in [3.05, 3.63) is 11.6 Å². The first-order valence-electron chi connectivity index (χ1n) is 3.16. The van der Waals surface area contributed by atoms with Gasteiger partial charge in [-0.25, -0.2) is 4.98 Å². The number of nitrogens with one attached hydrogen (secondary N) is 1. The van der Waals surface area contributed by atoms with Crippen molar-refractivity contribution >= 4 is 5.91 Å². The third-order valence-electron chi connectivity index (χ3n) is 1.13. The molecule has 0 atom stereocenters. The second-order valence-corrected chi connectivity index (χ2v) is 2.25. The zero-order chi connectivity index (χ0) is 10.1. The number of halogens is 3. The van der Waals surface area contributed by atoms with Crippen molar-refractivity contribution in [3.8, 4) is 0 Å². The summed E-state index contributed by atoms with van der Waals surface area (Å²) in [4.78, 5) is 13.3. The number of hydrogen-bond donors (Lipinski definition) is 2. The Labute approximate surface area is 70.1 Å². The number of aromatic nitrogens is 3. The van der Waals surface area contributed by atoms with Crippen LogP contribution in [0.5, 0.6) is 0 Å². The summed E-state index contributed by atoms with van der Waals surface area (Å²) in [7, 11) is 0. The topological polar surface area (TPSA) is 84.7 Å². The van der Waals surface area contributed by atoms with Gasteiger partial charge in [-0.2, -0.15) is 13.2 Å². The largest absolute Gasteiger partial charge is 0.453 e. The quantitative estimate of drug-likeness (QED) is 0.686. The van der Waals surface area contributed by atoms with Crippen molar-refractivity contribution in [1.82, 2.24) is 15.2 Å². The molecule has 1 amide bonds. The van der Waals surface area contributed by atoms with Gasteiger partial charge in [0.15, 0.2) is 0 Å². The normalized spacial score (nSPS) is 11.6. The molecule has 0 bridgehead atoms. The van der Waals surface area contributed by atoms with Crippen LogP contribution in [0.2, 0.25) is 0 Å². The molecule has 0 saturated heterocycles. The lowest BCUT2D eigenvalue weighted by molar-refractivity contribution is -0.144. The molecule has 0 aromatic carbocycles. The van der Waals surface area contributed by atoms with Crippen molar-refractivity contribution in [3.63, 3.8) is 0 Å². The van der Waals surface area contributed by atoms with E-state index < -0.39 is 17.9 Å². The average molecular weight is 194 g/mol. The number of nitrogens with two attached hydrogens (primary N) is 1. The molecule has 72 valence electrons. The van der Waals surface area contributed by atoms with E-state index in [0.717, 1.165) is 0 Å². The SMILES string of the molecule is NC(=O)Cc1nc(C(F)(F)F)n[nH]1. The molecule has 0 aliphatic carbocycles. The molecule has 0 spiro atoms. The second-order valence-electron chi connectivity index (χ2n) is 2.25. The Balaban J connectivity index is 2.81. The van der Waals surface area contributed by atoms with E-state index >= 15 is 0 Å². The monoisotopic (exact) mass is 194 g/mol. The second kappa shape index (κ2) is 3.04. The van der Waals surface area contributed by atoms with Gasteiger partial charge >= 0.3 is 6.18 Å². The number of amides is 1. The van der Waals surface area contributed by atoms with Crippen LogP contribution in [-0.2, 0) is 17.4 Å². The smallest absolute Gasteiger partial charge is 0.369 e. The zero-order valence-electron chi connectivity index (χ0n) is 6.22. The van der Waals surface area contributed by atoms with E-state index in [1.807, 2.05) is 5.10 Å². The Morgan fingerprint density at radius 3 is 2.54 bits per heavy atom. The van der Waals surface area contributed by atoms with Crippen LogP contribution in [0.15, 0.2) is 0 Å². The molecule has 1 heterocycles. The van der Waals surface area contributed by atoms with Gasteiger partial charge in [-0.15, -0.1) is 5.10 Å². The van der Waals surface area contributed by atoms with Crippen LogP contribution in [0.1, 0.15) is 11.6 Å². The van der Waals surface area contributed by atoms with Gasteiger partial charge in [0, 0.05) is 0 Å². The van der Waals surface area contributed by atoms with Gasteiger partial charge in [0.05, 0.1) is 6.42 Å². The maximum Gasteiger partial charge on any atom is 0.453 e. The minimum atomic E-state index is -4.60. The zero-order valence-corrected chi connectivity index (χ0v) is 6.22. The third kappa shape index (κ3) is 2.42. The molecule has 0 fully saturated rings. The molecular formula is C5H5F3N4O. The molecule has 0 radical (unpaired) electrons. The molecule has 0 saturated carbocycles. The predicted molar refractivity (Wildman–Crippen MR) is 34.3 cm³/mol. The number of carbonyl (C=O) groups is 1. The highest BCUT2D eigenvalue weighted by atomic mass is 19.4. The van der Waals surface area contributed by atoms with Gasteiger partial charge in [-0.3, -0.25) is 9.89 Å². The fourth-order valence-corrected chi connectivity index (χ4v) is 0.666. The molecular weight excluding hydrogens is 189 g/mol. The number of hydrogen-bond acceptors (Lipinski definition) is 3. The van der Waals surface area contributed by atoms with Crippen molar-refractivity contribution < 1.29 is 18.0 Å². The van der Waals surface area contributed by atoms with Gasteiger partial charge in [0.1, 0.15) is 5.82 Å². The Kier molecular flexibility index (Phi) is 2.22. The minimum absolute atomic E-state index is 0.195. The summed E-state index contributed by atoms with van der Waals surface area (Å²) >= 11 is 0. The van der Waals surface area contributed by atoms with Crippen LogP contribution in [0.25, 0.3) is 0 Å². The lowest BCUT2D eigenvalue weighted by Gasteiger charge is -1.97. The average Bonchev–Trinajstić information content (AvgIpc) is 2.32. The highest BCUT2D eigenvalue weighted by Gasteiger charge is 2.36. The van der Waals surface area contributed by atoms with Gasteiger partial charge in [0.2, 0.25) is 5.91 Å². The van der Waals surface area contributed by atoms with E-state index in [-0.39, 0.29) is 12.2 Å². The Bertz CT molecular complexity index is 318. The van der Waals surface area contributed by atoms with E-state index in [9.17, 15) is 18.0 Å². The maximum absolute atomic E-state index is 11.9. The van der Waals surface area contributed by atoms with Crippen LogP contribution in [-0.4, -0.2) is 21.1 Å². The van der Waals surface area contributed by atoms with Crippen LogP contribution < -0.4 is 5.73 Å². The molecule has 1 aromatic heterocycles. The summed E-state index contributed by atoms with van der Waals surface area (Å²) in [6, 6.07) is 0. The maximum atomic E-state index is 11.9. The highest BCUT2D eigenvalue weighted by molar-refractivity contribution is 5.75. The number of rotatable bonds is 2. The standard InChI is InChI=1S/C5H5F3N4O/c6-5(7,8)4-10-3(11-12-4)1-2(9)13/h1H2,(H2,9,13)(H,10,11,12). The highest BCUT2D eigenvalue weighted by Crippen LogP contribution is 2.25. The van der Waals surface area contributed by atoms with Crippen LogP contribution in [0.3, 0.4) is 0 Å². The first-order chi connectivity index (χ1) is 5.89. The summed E-state index contributed by atoms with van der Waals surface area (Å²) in [5.41, 5.74) is 4.73. The molecule has 0 unspecified atom stereocenters. The lowest BCUT2D eigenvalue weighted by Crippen LogP contribution is -2.15. The Morgan fingerprint density at radius 1 is 1.54 bits per heavy atom. The van der Waals surface area contributed by atoms with Gasteiger partial charge in [-0.1, -0.05) is 0 Å². The van der Waals surface area contributed by atoms with Crippen molar-refractivity contribution in [2.45, 2.75) is 12.6 Å². The summed E-state index contributed by atoms with van der Waals surface area (Å²) in [5, 5.41) is 4.83. The number of alkyl halides is 3. The minimum Gasteiger partial charge on any atom is -0.369 e. The predicted octanol–water partition coefficient (Wildman–Crippen LogP) is -0.149. The van der Waals surface area contributed by atoms with Crippen molar-refractivity contribution in [1.29, 1.82) is 0 Å². The molecule has 0 aliphatic rings. The molecule has 8 heteroatoms. The van der Waals surface area contributed by atoms with Gasteiger partial charge in [-0.05, 0) is 0 Å². The van der Waals surface area contributed by atoms with E-state index in [1.54, 1.807) is 0 Å². The summed E-state index contributed by atoms with van der Waals surface area (Å²) < 4.78 is 35.6. The first kappa shape index (κ1) is 9.49. The van der Waals surface area contributed by atoms with E-state index in [1.165, 1.54) is 0 Å². The summed E-state index contributed by atoms with van der Waals surface area (Å²) in [6.45, 7) is 0. The van der Waals surface area contributed by atoms with Crippen molar-refractivity contribution in [2.24, 2.45) is 5.73 Å².